The zero-order valence-corrected chi connectivity index (χ0v) is 12.2. The van der Waals surface area contributed by atoms with Crippen molar-refractivity contribution >= 4 is 11.8 Å². The van der Waals surface area contributed by atoms with E-state index in [1.165, 1.54) is 23.6 Å². The second-order valence-electron chi connectivity index (χ2n) is 4.83. The molecular weight excluding hydrogens is 242 g/mol. The van der Waals surface area contributed by atoms with E-state index in [-0.39, 0.29) is 0 Å². The second kappa shape index (κ2) is 7.12. The van der Waals surface area contributed by atoms with E-state index in [9.17, 15) is 0 Å². The minimum absolute atomic E-state index is 0.731. The molecule has 0 saturated carbocycles. The average molecular weight is 265 g/mol. The van der Waals surface area contributed by atoms with Gasteiger partial charge in [-0.05, 0) is 37.9 Å². The van der Waals surface area contributed by atoms with E-state index < -0.39 is 0 Å². The normalized spacial score (nSPS) is 19.6. The van der Waals surface area contributed by atoms with Gasteiger partial charge >= 0.3 is 0 Å². The summed E-state index contributed by atoms with van der Waals surface area (Å²) >= 11 is 2.06. The van der Waals surface area contributed by atoms with Crippen LogP contribution >= 0.6 is 11.8 Å². The van der Waals surface area contributed by atoms with Crippen LogP contribution in [0.4, 0.5) is 0 Å². The highest BCUT2D eigenvalue weighted by Gasteiger charge is 2.20. The van der Waals surface area contributed by atoms with Crippen LogP contribution in [0.1, 0.15) is 24.7 Å². The molecule has 0 spiro atoms. The Kier molecular flexibility index (Phi) is 5.47. The van der Waals surface area contributed by atoms with Gasteiger partial charge in [0.25, 0.3) is 0 Å². The van der Waals surface area contributed by atoms with Gasteiger partial charge in [-0.3, -0.25) is 9.88 Å². The van der Waals surface area contributed by atoms with Crippen molar-refractivity contribution in [1.82, 2.24) is 15.2 Å². The molecule has 1 aliphatic heterocycles. The van der Waals surface area contributed by atoms with E-state index in [0.29, 0.717) is 0 Å². The first-order valence-electron chi connectivity index (χ1n) is 6.73. The number of aromatic nitrogens is 1. The summed E-state index contributed by atoms with van der Waals surface area (Å²) in [4.78, 5) is 7.15. The van der Waals surface area contributed by atoms with Crippen LogP contribution in [0, 0.1) is 0 Å². The Morgan fingerprint density at radius 1 is 1.44 bits per heavy atom. The molecular formula is C14H23N3S. The van der Waals surface area contributed by atoms with Crippen LogP contribution in [0.3, 0.4) is 0 Å². The van der Waals surface area contributed by atoms with E-state index in [4.69, 9.17) is 4.98 Å². The Labute approximate surface area is 114 Å². The summed E-state index contributed by atoms with van der Waals surface area (Å²) in [5.74, 6) is 2.58. The summed E-state index contributed by atoms with van der Waals surface area (Å²) < 4.78 is 0. The number of nitrogens with one attached hydrogen (secondary N) is 1. The Morgan fingerprint density at radius 3 is 3.00 bits per heavy atom. The second-order valence-corrected chi connectivity index (χ2v) is 5.98. The molecule has 0 amide bonds. The van der Waals surface area contributed by atoms with Gasteiger partial charge in [-0.1, -0.05) is 13.0 Å². The minimum atomic E-state index is 0.731. The van der Waals surface area contributed by atoms with Crippen LogP contribution in [-0.2, 0) is 13.1 Å². The molecule has 1 atom stereocenters. The molecule has 1 aromatic rings. The van der Waals surface area contributed by atoms with E-state index >= 15 is 0 Å². The Hall–Kier alpha value is -0.580. The average Bonchev–Trinajstić information content (AvgIpc) is 2.91. The summed E-state index contributed by atoms with van der Waals surface area (Å²) in [5, 5.41) is 3.32. The molecule has 1 unspecified atom stereocenters. The van der Waals surface area contributed by atoms with Gasteiger partial charge in [0.15, 0.2) is 0 Å². The van der Waals surface area contributed by atoms with Crippen LogP contribution in [0.2, 0.25) is 0 Å². The molecule has 0 aromatic carbocycles. The summed E-state index contributed by atoms with van der Waals surface area (Å²) in [6, 6.07) is 7.08. The topological polar surface area (TPSA) is 28.2 Å². The summed E-state index contributed by atoms with van der Waals surface area (Å²) in [6.45, 7) is 4.94. The maximum Gasteiger partial charge on any atom is 0.0547 e. The van der Waals surface area contributed by atoms with Crippen molar-refractivity contribution in [2.75, 3.05) is 25.1 Å². The quantitative estimate of drug-likeness (QED) is 0.853. The largest absolute Gasteiger partial charge is 0.311 e. The van der Waals surface area contributed by atoms with Gasteiger partial charge in [0.05, 0.1) is 11.4 Å². The van der Waals surface area contributed by atoms with Gasteiger partial charge in [-0.15, -0.1) is 0 Å². The van der Waals surface area contributed by atoms with Crippen molar-refractivity contribution in [2.45, 2.75) is 32.5 Å². The Balaban J connectivity index is 1.91. The van der Waals surface area contributed by atoms with Crippen molar-refractivity contribution in [3.8, 4) is 0 Å². The third-order valence-corrected chi connectivity index (χ3v) is 4.51. The molecule has 100 valence electrons. The SMILES string of the molecule is CCNCc1cccc(CN(C)C2CCSC2)n1. The van der Waals surface area contributed by atoms with Crippen molar-refractivity contribution in [1.29, 1.82) is 0 Å². The molecule has 1 saturated heterocycles. The van der Waals surface area contributed by atoms with Crippen molar-refractivity contribution in [3.63, 3.8) is 0 Å². The standard InChI is InChI=1S/C14H23N3S/c1-3-15-9-12-5-4-6-13(16-12)10-17(2)14-7-8-18-11-14/h4-6,14-15H,3,7-11H2,1-2H3. The zero-order chi connectivity index (χ0) is 12.8. The lowest BCUT2D eigenvalue weighted by Crippen LogP contribution is -2.31. The maximum absolute atomic E-state index is 4.71. The van der Waals surface area contributed by atoms with E-state index in [2.05, 4.69) is 54.1 Å². The predicted octanol–water partition coefficient (Wildman–Crippen LogP) is 2.13. The lowest BCUT2D eigenvalue weighted by molar-refractivity contribution is 0.251. The molecule has 4 heteroatoms. The van der Waals surface area contributed by atoms with Crippen molar-refractivity contribution < 1.29 is 0 Å². The van der Waals surface area contributed by atoms with E-state index in [1.807, 2.05) is 0 Å². The Morgan fingerprint density at radius 2 is 2.28 bits per heavy atom. The lowest BCUT2D eigenvalue weighted by atomic mass is 10.2. The first-order valence-corrected chi connectivity index (χ1v) is 7.88. The van der Waals surface area contributed by atoms with Gasteiger partial charge < -0.3 is 5.32 Å². The van der Waals surface area contributed by atoms with Crippen LogP contribution in [0.15, 0.2) is 18.2 Å². The highest BCUT2D eigenvalue weighted by Crippen LogP contribution is 2.22. The smallest absolute Gasteiger partial charge is 0.0547 e. The molecule has 1 N–H and O–H groups in total. The maximum atomic E-state index is 4.71. The van der Waals surface area contributed by atoms with Crippen LogP contribution in [0.25, 0.3) is 0 Å². The molecule has 2 heterocycles. The van der Waals surface area contributed by atoms with Gasteiger partial charge in [0, 0.05) is 24.9 Å². The molecule has 1 aromatic heterocycles. The summed E-state index contributed by atoms with van der Waals surface area (Å²) in [5.41, 5.74) is 2.33. The molecule has 3 nitrogen and oxygen atoms in total. The molecule has 0 bridgehead atoms. The number of thioether (sulfide) groups is 1. The molecule has 0 radical (unpaired) electrons. The third kappa shape index (κ3) is 3.97. The molecule has 1 fully saturated rings. The Bertz CT molecular complexity index is 364. The monoisotopic (exact) mass is 265 g/mol. The van der Waals surface area contributed by atoms with Crippen molar-refractivity contribution in [3.05, 3.63) is 29.6 Å². The van der Waals surface area contributed by atoms with Gasteiger partial charge in [0.2, 0.25) is 0 Å². The van der Waals surface area contributed by atoms with Gasteiger partial charge in [-0.2, -0.15) is 11.8 Å². The highest BCUT2D eigenvalue weighted by molar-refractivity contribution is 7.99. The highest BCUT2D eigenvalue weighted by atomic mass is 32.2. The van der Waals surface area contributed by atoms with Crippen LogP contribution in [0.5, 0.6) is 0 Å². The van der Waals surface area contributed by atoms with E-state index in [0.717, 1.165) is 31.4 Å². The first-order chi connectivity index (χ1) is 8.79. The van der Waals surface area contributed by atoms with Crippen LogP contribution < -0.4 is 5.32 Å². The lowest BCUT2D eigenvalue weighted by Gasteiger charge is -2.23. The molecule has 2 rings (SSSR count). The fourth-order valence-corrected chi connectivity index (χ4v) is 3.52. The summed E-state index contributed by atoms with van der Waals surface area (Å²) in [6.07, 6.45) is 1.32. The predicted molar refractivity (Wildman–Crippen MR) is 78.8 cm³/mol. The fourth-order valence-electron chi connectivity index (χ4n) is 2.22. The number of hydrogen-bond acceptors (Lipinski definition) is 4. The molecule has 18 heavy (non-hydrogen) atoms. The van der Waals surface area contributed by atoms with E-state index in [1.54, 1.807) is 0 Å². The first kappa shape index (κ1) is 13.8. The van der Waals surface area contributed by atoms with Gasteiger partial charge in [0.1, 0.15) is 0 Å². The fraction of sp³-hybridized carbons (Fsp3) is 0.643. The van der Waals surface area contributed by atoms with Crippen molar-refractivity contribution in [2.24, 2.45) is 0 Å². The molecule has 1 aliphatic rings. The zero-order valence-electron chi connectivity index (χ0n) is 11.4. The minimum Gasteiger partial charge on any atom is -0.311 e. The molecule has 0 aliphatic carbocycles. The summed E-state index contributed by atoms with van der Waals surface area (Å²) in [7, 11) is 2.22. The number of hydrogen-bond donors (Lipinski definition) is 1. The number of nitrogens with zero attached hydrogens (tertiary/aromatic N) is 2. The van der Waals surface area contributed by atoms with Gasteiger partial charge in [-0.25, -0.2) is 0 Å². The number of rotatable bonds is 6. The third-order valence-electron chi connectivity index (χ3n) is 3.36. The van der Waals surface area contributed by atoms with Crippen LogP contribution in [-0.4, -0.2) is 41.0 Å². The number of pyridine rings is 1.